The molecule has 6 nitrogen and oxygen atoms in total. The van der Waals surface area contributed by atoms with Gasteiger partial charge in [-0.3, -0.25) is 14.5 Å². The average Bonchev–Trinajstić information content (AvgIpc) is 3.15. The normalized spacial score (nSPS) is 14.3. The van der Waals surface area contributed by atoms with Gasteiger partial charge in [0.15, 0.2) is 22.4 Å². The summed E-state index contributed by atoms with van der Waals surface area (Å²) in [5.74, 6) is 0.272. The number of nitrogens with one attached hydrogen (secondary N) is 1. The second-order valence-corrected chi connectivity index (χ2v) is 12.1. The molecule has 1 N–H and O–H groups in total. The molecule has 1 fully saturated rings. The molecule has 0 spiro atoms. The van der Waals surface area contributed by atoms with Crippen LogP contribution in [0.1, 0.15) is 16.7 Å². The number of nitrogens with zero attached hydrogens (tertiary/aromatic N) is 1. The fourth-order valence-electron chi connectivity index (χ4n) is 3.57. The topological polar surface area (TPSA) is 67.9 Å². The van der Waals surface area contributed by atoms with Crippen LogP contribution in [-0.2, 0) is 9.59 Å². The summed E-state index contributed by atoms with van der Waals surface area (Å²) in [6.45, 7) is 3.78. The maximum absolute atomic E-state index is 13.1. The number of amides is 2. The van der Waals surface area contributed by atoms with E-state index in [-0.39, 0.29) is 18.4 Å². The zero-order valence-electron chi connectivity index (χ0n) is 20.4. The maximum atomic E-state index is 13.1. The molecule has 0 unspecified atom stereocenters. The Bertz CT molecular complexity index is 1500. The van der Waals surface area contributed by atoms with Gasteiger partial charge in [0, 0.05) is 8.95 Å². The van der Waals surface area contributed by atoms with Gasteiger partial charge >= 0.3 is 0 Å². The number of ether oxygens (including phenoxy) is 2. The molecule has 1 aliphatic rings. The van der Waals surface area contributed by atoms with Crippen molar-refractivity contribution in [2.75, 3.05) is 23.9 Å². The van der Waals surface area contributed by atoms with Crippen molar-refractivity contribution in [3.05, 3.63) is 84.1 Å². The van der Waals surface area contributed by atoms with Gasteiger partial charge < -0.3 is 14.8 Å². The first-order valence-corrected chi connectivity index (χ1v) is 14.4. The molecule has 38 heavy (non-hydrogen) atoms. The van der Waals surface area contributed by atoms with Gasteiger partial charge in [-0.15, -0.1) is 0 Å². The van der Waals surface area contributed by atoms with Crippen molar-refractivity contribution in [2.24, 2.45) is 0 Å². The van der Waals surface area contributed by atoms with E-state index >= 15 is 0 Å². The van der Waals surface area contributed by atoms with Crippen LogP contribution in [-0.4, -0.2) is 29.9 Å². The highest BCUT2D eigenvalue weighted by atomic mass is 79.9. The third kappa shape index (κ3) is 6.43. The first-order chi connectivity index (χ1) is 18.1. The molecule has 0 aromatic heterocycles. The van der Waals surface area contributed by atoms with Crippen molar-refractivity contribution >= 4 is 101 Å². The summed E-state index contributed by atoms with van der Waals surface area (Å²) in [6.07, 6.45) is 1.73. The minimum absolute atomic E-state index is 0.205. The molecule has 4 rings (SSSR count). The zero-order valence-corrected chi connectivity index (χ0v) is 26.0. The largest absolute Gasteiger partial charge is 0.493 e. The molecule has 1 aliphatic heterocycles. The van der Waals surface area contributed by atoms with Crippen molar-refractivity contribution < 1.29 is 19.1 Å². The summed E-state index contributed by atoms with van der Waals surface area (Å²) < 4.78 is 13.1. The summed E-state index contributed by atoms with van der Waals surface area (Å²) in [6, 6.07) is 14.3. The second kappa shape index (κ2) is 12.2. The number of anilines is 2. The van der Waals surface area contributed by atoms with Crippen LogP contribution in [0.3, 0.4) is 0 Å². The molecule has 0 radical (unpaired) electrons. The van der Waals surface area contributed by atoms with Crippen LogP contribution in [0.4, 0.5) is 11.4 Å². The number of halogens is 3. The zero-order chi connectivity index (χ0) is 27.6. The molecule has 3 aromatic rings. The summed E-state index contributed by atoms with van der Waals surface area (Å²) in [4.78, 5) is 27.5. The molecule has 0 aliphatic carbocycles. The lowest BCUT2D eigenvalue weighted by Gasteiger charge is -2.15. The van der Waals surface area contributed by atoms with E-state index in [2.05, 4.69) is 37.2 Å². The van der Waals surface area contributed by atoms with Crippen LogP contribution >= 0.6 is 67.4 Å². The van der Waals surface area contributed by atoms with Crippen molar-refractivity contribution in [3.8, 4) is 11.5 Å². The van der Waals surface area contributed by atoms with Gasteiger partial charge in [0.2, 0.25) is 0 Å². The Kier molecular flexibility index (Phi) is 9.20. The number of rotatable bonds is 7. The number of hydrogen-bond acceptors (Lipinski definition) is 6. The molecule has 0 bridgehead atoms. The Morgan fingerprint density at radius 1 is 1.08 bits per heavy atom. The smallest absolute Gasteiger partial charge is 0.270 e. The van der Waals surface area contributed by atoms with Gasteiger partial charge in [0.25, 0.3) is 11.8 Å². The molecule has 0 atom stereocenters. The SMILES string of the molecule is COc1cc(C=C2SC(=S)N(c3ccc(Br)c(Cl)c3)C2=O)ccc1OCC(=O)Nc1cc(C)c(C)cc1Br. The number of hydrogen-bond donors (Lipinski definition) is 1. The van der Waals surface area contributed by atoms with Gasteiger partial charge in [-0.2, -0.15) is 0 Å². The second-order valence-electron chi connectivity index (χ2n) is 8.28. The van der Waals surface area contributed by atoms with E-state index in [1.54, 1.807) is 42.5 Å². The van der Waals surface area contributed by atoms with E-state index in [9.17, 15) is 9.59 Å². The molecule has 1 heterocycles. The number of thiocarbonyl (C=S) groups is 1. The summed E-state index contributed by atoms with van der Waals surface area (Å²) in [5, 5.41) is 3.33. The van der Waals surface area contributed by atoms with Crippen LogP contribution in [0.2, 0.25) is 5.02 Å². The number of carbonyl (C=O) groups is 2. The van der Waals surface area contributed by atoms with E-state index in [1.165, 1.54) is 23.8 Å². The third-order valence-corrected chi connectivity index (χ3v) is 8.85. The number of benzene rings is 3. The first-order valence-electron chi connectivity index (χ1n) is 11.2. The molecule has 0 saturated carbocycles. The van der Waals surface area contributed by atoms with Gasteiger partial charge in [-0.05, 0) is 111 Å². The minimum atomic E-state index is -0.309. The molecule has 196 valence electrons. The first kappa shape index (κ1) is 28.6. The lowest BCUT2D eigenvalue weighted by molar-refractivity contribution is -0.118. The quantitative estimate of drug-likeness (QED) is 0.200. The summed E-state index contributed by atoms with van der Waals surface area (Å²) >= 11 is 19.7. The minimum Gasteiger partial charge on any atom is -0.493 e. The molecular formula is C27H21Br2ClN2O4S2. The van der Waals surface area contributed by atoms with E-state index < -0.39 is 0 Å². The van der Waals surface area contributed by atoms with Crippen molar-refractivity contribution in [2.45, 2.75) is 13.8 Å². The fourth-order valence-corrected chi connectivity index (χ4v) is 5.84. The van der Waals surface area contributed by atoms with Gasteiger partial charge in [0.05, 0.1) is 28.4 Å². The number of carbonyl (C=O) groups excluding carboxylic acids is 2. The van der Waals surface area contributed by atoms with Crippen LogP contribution in [0.5, 0.6) is 11.5 Å². The lowest BCUT2D eigenvalue weighted by Crippen LogP contribution is -2.27. The molecule has 1 saturated heterocycles. The van der Waals surface area contributed by atoms with E-state index in [1.807, 2.05) is 26.0 Å². The number of thioether (sulfide) groups is 1. The Hall–Kier alpha value is -2.37. The Labute approximate surface area is 252 Å². The summed E-state index contributed by atoms with van der Waals surface area (Å²) in [5.41, 5.74) is 4.17. The standard InChI is InChI=1S/C27H21Br2ClN2O4S2/c1-14-8-19(29)21(9-15(14)2)31-25(33)13-36-22-7-4-16(10-23(22)35-3)11-24-26(34)32(27(37)38-24)17-5-6-18(28)20(30)12-17/h4-12H,13H2,1-3H3,(H,31,33). The highest BCUT2D eigenvalue weighted by Gasteiger charge is 2.33. The van der Waals surface area contributed by atoms with Crippen molar-refractivity contribution in [1.29, 1.82) is 0 Å². The number of methoxy groups -OCH3 is 1. The van der Waals surface area contributed by atoms with Crippen LogP contribution in [0.15, 0.2) is 62.4 Å². The number of aryl methyl sites for hydroxylation is 2. The lowest BCUT2D eigenvalue weighted by atomic mass is 10.1. The Balaban J connectivity index is 1.46. The summed E-state index contributed by atoms with van der Waals surface area (Å²) in [7, 11) is 1.51. The Morgan fingerprint density at radius 3 is 2.53 bits per heavy atom. The molecule has 2 amide bonds. The van der Waals surface area contributed by atoms with Crippen LogP contribution in [0.25, 0.3) is 6.08 Å². The molecule has 11 heteroatoms. The Morgan fingerprint density at radius 2 is 1.82 bits per heavy atom. The van der Waals surface area contributed by atoms with Crippen molar-refractivity contribution in [3.63, 3.8) is 0 Å². The third-order valence-electron chi connectivity index (χ3n) is 5.66. The average molecular weight is 697 g/mol. The van der Waals surface area contributed by atoms with Gasteiger partial charge in [-0.1, -0.05) is 41.6 Å². The predicted octanol–water partition coefficient (Wildman–Crippen LogP) is 7.91. The van der Waals surface area contributed by atoms with Crippen LogP contribution < -0.4 is 19.7 Å². The molecular weight excluding hydrogens is 676 g/mol. The van der Waals surface area contributed by atoms with Crippen LogP contribution in [0, 0.1) is 13.8 Å². The van der Waals surface area contributed by atoms with Gasteiger partial charge in [-0.25, -0.2) is 0 Å². The van der Waals surface area contributed by atoms with E-state index in [0.717, 1.165) is 20.1 Å². The highest BCUT2D eigenvalue weighted by Crippen LogP contribution is 2.39. The van der Waals surface area contributed by atoms with Gasteiger partial charge in [0.1, 0.15) is 0 Å². The molecule has 3 aromatic carbocycles. The predicted molar refractivity (Wildman–Crippen MR) is 166 cm³/mol. The van der Waals surface area contributed by atoms with E-state index in [0.29, 0.717) is 42.7 Å². The fraction of sp³-hybridized carbons (Fsp3) is 0.148. The van der Waals surface area contributed by atoms with Crippen molar-refractivity contribution in [1.82, 2.24) is 0 Å². The monoisotopic (exact) mass is 694 g/mol. The van der Waals surface area contributed by atoms with E-state index in [4.69, 9.17) is 33.3 Å². The highest BCUT2D eigenvalue weighted by molar-refractivity contribution is 9.11. The maximum Gasteiger partial charge on any atom is 0.270 e.